The van der Waals surface area contributed by atoms with E-state index in [2.05, 4.69) is 0 Å². The SMILES string of the molecule is CCS(=O)C[C@@H]1CO1. The van der Waals surface area contributed by atoms with Crippen LogP contribution in [0.3, 0.4) is 0 Å². The fourth-order valence-corrected chi connectivity index (χ4v) is 1.33. The van der Waals surface area contributed by atoms with Crippen LogP contribution in [-0.2, 0) is 15.5 Å². The molecule has 0 spiro atoms. The van der Waals surface area contributed by atoms with Gasteiger partial charge < -0.3 is 4.74 Å². The molecule has 0 radical (unpaired) electrons. The fourth-order valence-electron chi connectivity index (χ4n) is 0.489. The van der Waals surface area contributed by atoms with Crippen LogP contribution >= 0.6 is 0 Å². The summed E-state index contributed by atoms with van der Waals surface area (Å²) in [6.45, 7) is 2.75. The molecule has 1 unspecified atom stereocenters. The maximum atomic E-state index is 10.7. The second kappa shape index (κ2) is 2.60. The van der Waals surface area contributed by atoms with Crippen LogP contribution in [0.15, 0.2) is 0 Å². The van der Waals surface area contributed by atoms with Crippen LogP contribution in [0.5, 0.6) is 0 Å². The Morgan fingerprint density at radius 2 is 2.50 bits per heavy atom. The molecule has 1 aliphatic rings. The summed E-state index contributed by atoms with van der Waals surface area (Å²) in [6, 6.07) is 0. The molecule has 3 heteroatoms. The van der Waals surface area contributed by atoms with Crippen molar-refractivity contribution >= 4 is 10.8 Å². The lowest BCUT2D eigenvalue weighted by Gasteiger charge is -1.89. The summed E-state index contributed by atoms with van der Waals surface area (Å²) in [4.78, 5) is 0. The fraction of sp³-hybridized carbons (Fsp3) is 1.00. The first-order chi connectivity index (χ1) is 3.83. The molecule has 1 rings (SSSR count). The molecule has 8 heavy (non-hydrogen) atoms. The van der Waals surface area contributed by atoms with Crippen molar-refractivity contribution < 1.29 is 8.95 Å². The Hall–Kier alpha value is 0.110. The maximum absolute atomic E-state index is 10.7. The van der Waals surface area contributed by atoms with Gasteiger partial charge in [0.25, 0.3) is 0 Å². The minimum Gasteiger partial charge on any atom is -0.372 e. The minimum absolute atomic E-state index is 0.329. The topological polar surface area (TPSA) is 29.6 Å². The van der Waals surface area contributed by atoms with E-state index in [9.17, 15) is 4.21 Å². The molecule has 0 aromatic heterocycles. The zero-order valence-corrected chi connectivity index (χ0v) is 5.74. The third-order valence-electron chi connectivity index (χ3n) is 1.10. The van der Waals surface area contributed by atoms with Crippen LogP contribution in [0, 0.1) is 0 Å². The van der Waals surface area contributed by atoms with E-state index in [-0.39, 0.29) is 0 Å². The molecular weight excluding hydrogens is 124 g/mol. The minimum atomic E-state index is -0.620. The lowest BCUT2D eigenvalue weighted by molar-refractivity contribution is 0.425. The van der Waals surface area contributed by atoms with E-state index < -0.39 is 10.8 Å². The molecule has 0 N–H and O–H groups in total. The second-order valence-electron chi connectivity index (χ2n) is 1.85. The third kappa shape index (κ3) is 1.92. The first kappa shape index (κ1) is 6.23. The smallest absolute Gasteiger partial charge is 0.0924 e. The summed E-state index contributed by atoms with van der Waals surface area (Å²) in [7, 11) is -0.620. The lowest BCUT2D eigenvalue weighted by atomic mass is 10.6. The van der Waals surface area contributed by atoms with Gasteiger partial charge in [0.15, 0.2) is 0 Å². The van der Waals surface area contributed by atoms with Crippen molar-refractivity contribution in [2.24, 2.45) is 0 Å². The summed E-state index contributed by atoms with van der Waals surface area (Å²) in [5.74, 6) is 1.51. The molecule has 1 heterocycles. The number of hydrogen-bond donors (Lipinski definition) is 0. The standard InChI is InChI=1S/C5H10O2S/c1-2-8(6)4-5-3-7-5/h5H,2-4H2,1H3/t5-,8?/m0/s1. The van der Waals surface area contributed by atoms with Gasteiger partial charge in [0.1, 0.15) is 0 Å². The highest BCUT2D eigenvalue weighted by Crippen LogP contribution is 2.09. The highest BCUT2D eigenvalue weighted by molar-refractivity contribution is 7.85. The van der Waals surface area contributed by atoms with Gasteiger partial charge in [0, 0.05) is 16.6 Å². The van der Waals surface area contributed by atoms with Crippen LogP contribution < -0.4 is 0 Å². The van der Waals surface area contributed by atoms with E-state index in [0.29, 0.717) is 6.10 Å². The van der Waals surface area contributed by atoms with Gasteiger partial charge in [-0.1, -0.05) is 6.92 Å². The number of ether oxygens (including phenoxy) is 1. The molecule has 0 amide bonds. The van der Waals surface area contributed by atoms with Crippen molar-refractivity contribution in [2.45, 2.75) is 13.0 Å². The van der Waals surface area contributed by atoms with Gasteiger partial charge in [0.05, 0.1) is 18.5 Å². The maximum Gasteiger partial charge on any atom is 0.0924 e. The average Bonchev–Trinajstić information content (AvgIpc) is 2.50. The van der Waals surface area contributed by atoms with E-state index in [1.165, 1.54) is 0 Å². The van der Waals surface area contributed by atoms with Crippen molar-refractivity contribution in [1.82, 2.24) is 0 Å². The lowest BCUT2D eigenvalue weighted by Crippen LogP contribution is -2.04. The monoisotopic (exact) mass is 134 g/mol. The van der Waals surface area contributed by atoms with Gasteiger partial charge in [-0.05, 0) is 0 Å². The molecular formula is C5H10O2S. The molecule has 1 saturated heterocycles. The summed E-state index contributed by atoms with van der Waals surface area (Å²) in [6.07, 6.45) is 0.329. The van der Waals surface area contributed by atoms with Gasteiger partial charge in [-0.15, -0.1) is 0 Å². The first-order valence-corrected chi connectivity index (χ1v) is 4.28. The Morgan fingerprint density at radius 3 is 2.88 bits per heavy atom. The molecule has 0 aromatic rings. The molecule has 1 aliphatic heterocycles. The zero-order valence-electron chi connectivity index (χ0n) is 4.92. The average molecular weight is 134 g/mol. The first-order valence-electron chi connectivity index (χ1n) is 2.79. The highest BCUT2D eigenvalue weighted by atomic mass is 32.2. The Morgan fingerprint density at radius 1 is 1.88 bits per heavy atom. The number of epoxide rings is 1. The van der Waals surface area contributed by atoms with Gasteiger partial charge in [-0.3, -0.25) is 4.21 Å². The van der Waals surface area contributed by atoms with Gasteiger partial charge >= 0.3 is 0 Å². The van der Waals surface area contributed by atoms with Crippen molar-refractivity contribution in [3.8, 4) is 0 Å². The third-order valence-corrected chi connectivity index (χ3v) is 2.48. The van der Waals surface area contributed by atoms with Gasteiger partial charge in [-0.2, -0.15) is 0 Å². The Balaban J connectivity index is 2.07. The molecule has 0 bridgehead atoms. The van der Waals surface area contributed by atoms with Crippen LogP contribution in [0.1, 0.15) is 6.92 Å². The molecule has 0 aliphatic carbocycles. The van der Waals surface area contributed by atoms with E-state index in [1.807, 2.05) is 6.92 Å². The Kier molecular flexibility index (Phi) is 2.02. The van der Waals surface area contributed by atoms with E-state index in [4.69, 9.17) is 4.74 Å². The van der Waals surface area contributed by atoms with Crippen LogP contribution in [0.2, 0.25) is 0 Å². The summed E-state index contributed by atoms with van der Waals surface area (Å²) in [5.41, 5.74) is 0. The van der Waals surface area contributed by atoms with Crippen molar-refractivity contribution in [2.75, 3.05) is 18.1 Å². The quantitative estimate of drug-likeness (QED) is 0.514. The number of hydrogen-bond acceptors (Lipinski definition) is 2. The summed E-state index contributed by atoms with van der Waals surface area (Å²) in [5, 5.41) is 0. The number of rotatable bonds is 3. The predicted octanol–water partition coefficient (Wildman–Crippen LogP) is 0.154. The zero-order chi connectivity index (χ0) is 5.98. The van der Waals surface area contributed by atoms with Crippen LogP contribution in [0.25, 0.3) is 0 Å². The molecule has 0 saturated carbocycles. The van der Waals surface area contributed by atoms with Crippen molar-refractivity contribution in [1.29, 1.82) is 0 Å². The summed E-state index contributed by atoms with van der Waals surface area (Å²) < 4.78 is 15.6. The van der Waals surface area contributed by atoms with Crippen molar-refractivity contribution in [3.63, 3.8) is 0 Å². The normalized spacial score (nSPS) is 29.9. The second-order valence-corrected chi connectivity index (χ2v) is 3.64. The largest absolute Gasteiger partial charge is 0.372 e. The van der Waals surface area contributed by atoms with Crippen LogP contribution in [-0.4, -0.2) is 28.4 Å². The van der Waals surface area contributed by atoms with E-state index >= 15 is 0 Å². The van der Waals surface area contributed by atoms with E-state index in [1.54, 1.807) is 0 Å². The molecule has 2 atom stereocenters. The summed E-state index contributed by atoms with van der Waals surface area (Å²) >= 11 is 0. The van der Waals surface area contributed by atoms with Crippen molar-refractivity contribution in [3.05, 3.63) is 0 Å². The van der Waals surface area contributed by atoms with E-state index in [0.717, 1.165) is 18.1 Å². The molecule has 48 valence electrons. The van der Waals surface area contributed by atoms with Crippen LogP contribution in [0.4, 0.5) is 0 Å². The van der Waals surface area contributed by atoms with Gasteiger partial charge in [0.2, 0.25) is 0 Å². The predicted molar refractivity (Wildman–Crippen MR) is 33.3 cm³/mol. The molecule has 1 fully saturated rings. The highest BCUT2D eigenvalue weighted by Gasteiger charge is 2.23. The molecule has 0 aromatic carbocycles. The Bertz CT molecular complexity index is 98.6. The molecule has 2 nitrogen and oxygen atoms in total. The Labute approximate surface area is 51.7 Å². The van der Waals surface area contributed by atoms with Gasteiger partial charge in [-0.25, -0.2) is 0 Å².